The Bertz CT molecular complexity index is 1250. The van der Waals surface area contributed by atoms with E-state index in [9.17, 15) is 14.7 Å². The number of hydrogen-bond donors (Lipinski definition) is 1. The van der Waals surface area contributed by atoms with Gasteiger partial charge in [-0.2, -0.15) is 0 Å². The Morgan fingerprint density at radius 3 is 2.45 bits per heavy atom. The van der Waals surface area contributed by atoms with Gasteiger partial charge in [0.05, 0.1) is 25.8 Å². The second-order valence-corrected chi connectivity index (χ2v) is 8.93. The molecule has 0 bridgehead atoms. The molecule has 33 heavy (non-hydrogen) atoms. The van der Waals surface area contributed by atoms with E-state index in [1.807, 2.05) is 55.6 Å². The monoisotopic (exact) mass is 463 g/mol. The summed E-state index contributed by atoms with van der Waals surface area (Å²) in [5, 5.41) is 13.2. The highest BCUT2D eigenvalue weighted by molar-refractivity contribution is 7.10. The Morgan fingerprint density at radius 1 is 1.03 bits per heavy atom. The van der Waals surface area contributed by atoms with Crippen LogP contribution in [0.3, 0.4) is 0 Å². The number of ether oxygens (including phenoxy) is 2. The number of hydrogen-bond acceptors (Lipinski definition) is 6. The number of nitrogens with zero attached hydrogens (tertiary/aromatic N) is 1. The molecule has 1 aliphatic rings. The fraction of sp³-hybridized carbons (Fsp3) is 0.231. The quantitative estimate of drug-likeness (QED) is 0.316. The first-order chi connectivity index (χ1) is 15.8. The van der Waals surface area contributed by atoms with E-state index in [0.29, 0.717) is 17.1 Å². The number of aliphatic hydroxyl groups excluding tert-OH is 1. The van der Waals surface area contributed by atoms with E-state index in [0.717, 1.165) is 21.6 Å². The molecule has 7 heteroatoms. The molecule has 1 saturated heterocycles. The summed E-state index contributed by atoms with van der Waals surface area (Å²) in [6, 6.07) is 14.1. The van der Waals surface area contributed by atoms with Crippen LogP contribution in [0.25, 0.3) is 5.76 Å². The van der Waals surface area contributed by atoms with E-state index in [1.165, 1.54) is 16.2 Å². The summed E-state index contributed by atoms with van der Waals surface area (Å²) in [5.41, 5.74) is 3.23. The molecular weight excluding hydrogens is 438 g/mol. The lowest BCUT2D eigenvalue weighted by Gasteiger charge is -2.24. The highest BCUT2D eigenvalue weighted by Gasteiger charge is 2.46. The summed E-state index contributed by atoms with van der Waals surface area (Å²) in [7, 11) is 3.10. The molecule has 0 saturated carbocycles. The van der Waals surface area contributed by atoms with E-state index in [-0.39, 0.29) is 17.9 Å². The van der Waals surface area contributed by atoms with Gasteiger partial charge < -0.3 is 19.5 Å². The maximum atomic E-state index is 13.2. The first kappa shape index (κ1) is 22.6. The molecule has 2 heterocycles. The molecule has 1 N–H and O–H groups in total. The third-order valence-electron chi connectivity index (χ3n) is 5.80. The third kappa shape index (κ3) is 4.12. The van der Waals surface area contributed by atoms with Gasteiger partial charge in [0.1, 0.15) is 5.76 Å². The number of amides is 1. The van der Waals surface area contributed by atoms with Crippen LogP contribution in [-0.4, -0.2) is 35.9 Å². The molecule has 0 spiro atoms. The van der Waals surface area contributed by atoms with Gasteiger partial charge in [0.15, 0.2) is 11.5 Å². The number of carbonyl (C=O) groups is 2. The number of methoxy groups -OCH3 is 2. The Hall–Kier alpha value is -3.58. The van der Waals surface area contributed by atoms with Gasteiger partial charge in [-0.25, -0.2) is 0 Å². The molecule has 3 aromatic rings. The van der Waals surface area contributed by atoms with Crippen LogP contribution in [0.5, 0.6) is 11.5 Å². The van der Waals surface area contributed by atoms with Crippen LogP contribution in [-0.2, 0) is 16.1 Å². The summed E-state index contributed by atoms with van der Waals surface area (Å²) in [6.07, 6.45) is 0. The van der Waals surface area contributed by atoms with Crippen molar-refractivity contribution in [3.8, 4) is 11.5 Å². The smallest absolute Gasteiger partial charge is 0.295 e. The SMILES string of the molecule is COc1ccc(CN2C(=O)C(=O)/C(=C(\O)c3cc(C)ccc3C)C2c2cccs2)cc1OC. The van der Waals surface area contributed by atoms with Crippen molar-refractivity contribution in [3.63, 3.8) is 0 Å². The minimum Gasteiger partial charge on any atom is -0.507 e. The van der Waals surface area contributed by atoms with Crippen molar-refractivity contribution in [1.82, 2.24) is 4.90 Å². The van der Waals surface area contributed by atoms with Crippen molar-refractivity contribution in [2.45, 2.75) is 26.4 Å². The number of rotatable bonds is 6. The van der Waals surface area contributed by atoms with E-state index in [4.69, 9.17) is 9.47 Å². The van der Waals surface area contributed by atoms with Gasteiger partial charge in [0, 0.05) is 17.0 Å². The molecule has 6 nitrogen and oxygen atoms in total. The number of likely N-dealkylation sites (tertiary alicyclic amines) is 1. The summed E-state index contributed by atoms with van der Waals surface area (Å²) < 4.78 is 10.7. The molecule has 1 fully saturated rings. The van der Waals surface area contributed by atoms with Gasteiger partial charge in [0.2, 0.25) is 0 Å². The second kappa shape index (κ2) is 9.11. The number of benzene rings is 2. The summed E-state index contributed by atoms with van der Waals surface area (Å²) in [5.74, 6) is -0.368. The van der Waals surface area contributed by atoms with Crippen molar-refractivity contribution < 1.29 is 24.2 Å². The molecule has 1 aliphatic heterocycles. The number of Topliss-reactive ketones (excluding diaryl/α,β-unsaturated/α-hetero) is 1. The van der Waals surface area contributed by atoms with Crippen LogP contribution < -0.4 is 9.47 Å². The normalized spacial score (nSPS) is 17.5. The zero-order chi connectivity index (χ0) is 23.7. The molecule has 170 valence electrons. The number of ketones is 1. The van der Waals surface area contributed by atoms with Crippen molar-refractivity contribution in [1.29, 1.82) is 0 Å². The fourth-order valence-corrected chi connectivity index (χ4v) is 4.94. The van der Waals surface area contributed by atoms with Crippen LogP contribution in [0.2, 0.25) is 0 Å². The molecule has 0 aliphatic carbocycles. The largest absolute Gasteiger partial charge is 0.507 e. The molecule has 1 atom stereocenters. The number of aryl methyl sites for hydroxylation is 2. The molecule has 1 amide bonds. The Labute approximate surface area is 196 Å². The average molecular weight is 464 g/mol. The fourth-order valence-electron chi connectivity index (χ4n) is 4.10. The third-order valence-corrected chi connectivity index (χ3v) is 6.73. The van der Waals surface area contributed by atoms with Crippen LogP contribution in [0.15, 0.2) is 59.5 Å². The van der Waals surface area contributed by atoms with Crippen LogP contribution >= 0.6 is 11.3 Å². The maximum Gasteiger partial charge on any atom is 0.295 e. The summed E-state index contributed by atoms with van der Waals surface area (Å²) in [4.78, 5) is 28.7. The Balaban J connectivity index is 1.83. The molecule has 0 radical (unpaired) electrons. The number of thiophene rings is 1. The van der Waals surface area contributed by atoms with E-state index >= 15 is 0 Å². The predicted octanol–water partition coefficient (Wildman–Crippen LogP) is 5.00. The van der Waals surface area contributed by atoms with Gasteiger partial charge in [-0.15, -0.1) is 11.3 Å². The standard InChI is InChI=1S/C26H25NO5S/c1-15-7-8-16(2)18(12-15)24(28)22-23(21-6-5-11-33-21)27(26(30)25(22)29)14-17-9-10-19(31-3)20(13-17)32-4/h5-13,23,28H,14H2,1-4H3/b24-22-. The minimum atomic E-state index is -0.688. The predicted molar refractivity (Wildman–Crippen MR) is 128 cm³/mol. The highest BCUT2D eigenvalue weighted by Crippen LogP contribution is 2.42. The zero-order valence-corrected chi connectivity index (χ0v) is 19.7. The first-order valence-electron chi connectivity index (χ1n) is 10.5. The number of aliphatic hydroxyl groups is 1. The van der Waals surface area contributed by atoms with Gasteiger partial charge in [-0.3, -0.25) is 9.59 Å². The van der Waals surface area contributed by atoms with E-state index in [2.05, 4.69) is 0 Å². The van der Waals surface area contributed by atoms with Gasteiger partial charge in [-0.05, 0) is 54.6 Å². The van der Waals surface area contributed by atoms with E-state index in [1.54, 1.807) is 26.4 Å². The van der Waals surface area contributed by atoms with Crippen molar-refractivity contribution in [2.24, 2.45) is 0 Å². The second-order valence-electron chi connectivity index (χ2n) is 7.95. The summed E-state index contributed by atoms with van der Waals surface area (Å²) >= 11 is 1.44. The summed E-state index contributed by atoms with van der Waals surface area (Å²) in [6.45, 7) is 3.97. The van der Waals surface area contributed by atoms with Crippen molar-refractivity contribution in [2.75, 3.05) is 14.2 Å². The molecule has 1 unspecified atom stereocenters. The van der Waals surface area contributed by atoms with Crippen LogP contribution in [0.4, 0.5) is 0 Å². The maximum absolute atomic E-state index is 13.2. The molecular formula is C26H25NO5S. The van der Waals surface area contributed by atoms with Gasteiger partial charge >= 0.3 is 0 Å². The average Bonchev–Trinajstić information content (AvgIpc) is 3.43. The molecule has 4 rings (SSSR count). The lowest BCUT2D eigenvalue weighted by atomic mass is 9.96. The van der Waals surface area contributed by atoms with Gasteiger partial charge in [0.25, 0.3) is 11.7 Å². The van der Waals surface area contributed by atoms with Crippen molar-refractivity contribution >= 4 is 28.8 Å². The number of carbonyl (C=O) groups excluding carboxylic acids is 2. The lowest BCUT2D eigenvalue weighted by Crippen LogP contribution is -2.28. The minimum absolute atomic E-state index is 0.108. The highest BCUT2D eigenvalue weighted by atomic mass is 32.1. The lowest BCUT2D eigenvalue weighted by molar-refractivity contribution is -0.140. The van der Waals surface area contributed by atoms with E-state index < -0.39 is 17.7 Å². The topological polar surface area (TPSA) is 76.1 Å². The molecule has 1 aromatic heterocycles. The van der Waals surface area contributed by atoms with Crippen molar-refractivity contribution in [3.05, 3.63) is 86.6 Å². The van der Waals surface area contributed by atoms with Gasteiger partial charge in [-0.1, -0.05) is 29.8 Å². The van der Waals surface area contributed by atoms with Crippen LogP contribution in [0, 0.1) is 13.8 Å². The zero-order valence-electron chi connectivity index (χ0n) is 18.9. The first-order valence-corrected chi connectivity index (χ1v) is 11.3. The Kier molecular flexibility index (Phi) is 6.24. The van der Waals surface area contributed by atoms with Crippen LogP contribution in [0.1, 0.15) is 33.2 Å². The molecule has 2 aromatic carbocycles. The Morgan fingerprint density at radius 2 is 1.79 bits per heavy atom.